The number of fused-ring (bicyclic) bond motifs is 5. The van der Waals surface area contributed by atoms with E-state index in [-0.39, 0.29) is 34.8 Å². The van der Waals surface area contributed by atoms with Crippen molar-refractivity contribution in [1.82, 2.24) is 4.57 Å². The Kier molecular flexibility index (Phi) is 5.91. The summed E-state index contributed by atoms with van der Waals surface area (Å²) in [5.74, 6) is 0.347. The number of carbonyl (C=O) groups excluding carboxylic acids is 1. The van der Waals surface area contributed by atoms with Crippen LogP contribution in [-0.4, -0.2) is 28.4 Å². The Hall–Kier alpha value is -3.23. The number of nitro groups is 1. The quantitative estimate of drug-likeness (QED) is 0.371. The van der Waals surface area contributed by atoms with Crippen LogP contribution in [0.2, 0.25) is 0 Å². The molecule has 8 nitrogen and oxygen atoms in total. The second-order valence-electron chi connectivity index (χ2n) is 6.78. The first kappa shape index (κ1) is 21.5. The number of nitro benzene ring substituents is 1. The molecule has 2 N–H and O–H groups in total. The third-order valence-electron chi connectivity index (χ3n) is 5.08. The molecule has 1 aromatic heterocycles. The van der Waals surface area contributed by atoms with Crippen molar-refractivity contribution in [3.63, 3.8) is 0 Å². The van der Waals surface area contributed by atoms with Gasteiger partial charge < -0.3 is 15.0 Å². The van der Waals surface area contributed by atoms with Crippen molar-refractivity contribution in [2.75, 3.05) is 13.2 Å². The molecule has 3 aromatic rings. The second-order valence-corrected chi connectivity index (χ2v) is 6.78. The maximum absolute atomic E-state index is 13.3. The Morgan fingerprint density at radius 3 is 2.53 bits per heavy atom. The molecule has 0 unspecified atom stereocenters. The van der Waals surface area contributed by atoms with Crippen LogP contribution in [0.3, 0.4) is 0 Å². The molecule has 0 atom stereocenters. The van der Waals surface area contributed by atoms with Crippen LogP contribution in [0.4, 0.5) is 5.69 Å². The molecule has 0 amide bonds. The fourth-order valence-electron chi connectivity index (χ4n) is 3.83. The number of pyridine rings is 1. The monoisotopic (exact) mass is 429 g/mol. The topological polar surface area (TPSA) is 117 Å². The number of carbonyl (C=O) groups is 1. The number of rotatable bonds is 6. The largest absolute Gasteiger partial charge is 0.494 e. The van der Waals surface area contributed by atoms with Crippen LogP contribution in [-0.2, 0) is 6.54 Å². The zero-order chi connectivity index (χ0) is 20.7. The van der Waals surface area contributed by atoms with Crippen LogP contribution in [0.5, 0.6) is 5.75 Å². The number of nitrogens with zero attached hydrogens (tertiary/aromatic N) is 2. The minimum atomic E-state index is -0.554. The Labute approximate surface area is 177 Å². The highest BCUT2D eigenvalue weighted by atomic mass is 35.5. The molecule has 0 radical (unpaired) electrons. The Morgan fingerprint density at radius 2 is 1.87 bits per heavy atom. The zero-order valence-corrected chi connectivity index (χ0v) is 17.0. The molecule has 0 saturated carbocycles. The second kappa shape index (κ2) is 8.25. The summed E-state index contributed by atoms with van der Waals surface area (Å²) in [6, 6.07) is 9.25. The molecule has 1 aliphatic rings. The Bertz CT molecular complexity index is 1240. The van der Waals surface area contributed by atoms with Crippen molar-refractivity contribution in [3.05, 3.63) is 68.0 Å². The maximum atomic E-state index is 13.3. The third-order valence-corrected chi connectivity index (χ3v) is 5.08. The lowest BCUT2D eigenvalue weighted by atomic mass is 10.0. The molecule has 1 heterocycles. The van der Waals surface area contributed by atoms with Gasteiger partial charge >= 0.3 is 0 Å². The van der Waals surface area contributed by atoms with E-state index in [9.17, 15) is 19.7 Å². The van der Waals surface area contributed by atoms with Gasteiger partial charge in [0.25, 0.3) is 11.2 Å². The van der Waals surface area contributed by atoms with Crippen LogP contribution >= 0.6 is 12.4 Å². The number of non-ortho nitro benzene ring substituents is 1. The lowest BCUT2D eigenvalue weighted by molar-refractivity contribution is -0.384. The first-order valence-corrected chi connectivity index (χ1v) is 9.34. The van der Waals surface area contributed by atoms with Gasteiger partial charge in [-0.25, -0.2) is 0 Å². The minimum absolute atomic E-state index is 0. The van der Waals surface area contributed by atoms with Crippen molar-refractivity contribution in [2.24, 2.45) is 5.73 Å². The zero-order valence-electron chi connectivity index (χ0n) is 16.2. The molecule has 156 valence electrons. The van der Waals surface area contributed by atoms with Crippen LogP contribution in [0.15, 0.2) is 41.2 Å². The van der Waals surface area contributed by atoms with Gasteiger partial charge in [-0.2, -0.15) is 0 Å². The first-order valence-electron chi connectivity index (χ1n) is 9.34. The molecule has 1 aliphatic carbocycles. The molecule has 0 bridgehead atoms. The van der Waals surface area contributed by atoms with Crippen LogP contribution in [0.25, 0.3) is 22.0 Å². The highest BCUT2D eigenvalue weighted by Gasteiger charge is 2.33. The standard InChI is InChI=1S/C21H19N3O5.ClH/c1-2-29-13-5-7-15-16(11-13)20(25)18-14-6-4-12(24(27)28)10-17(14)21(26)23(19(15)18)9-3-8-22;/h4-7,10-11H,2-3,8-9,22H2,1H3;1H. The maximum Gasteiger partial charge on any atom is 0.270 e. The Morgan fingerprint density at radius 1 is 1.10 bits per heavy atom. The van der Waals surface area contributed by atoms with E-state index >= 15 is 0 Å². The smallest absolute Gasteiger partial charge is 0.270 e. The van der Waals surface area contributed by atoms with Gasteiger partial charge in [0.2, 0.25) is 0 Å². The van der Waals surface area contributed by atoms with Gasteiger partial charge in [-0.3, -0.25) is 19.7 Å². The minimum Gasteiger partial charge on any atom is -0.494 e. The summed E-state index contributed by atoms with van der Waals surface area (Å²) in [6.07, 6.45) is 0.535. The number of hydrogen-bond acceptors (Lipinski definition) is 6. The van der Waals surface area contributed by atoms with Gasteiger partial charge in [0.05, 0.1) is 28.2 Å². The molecule has 30 heavy (non-hydrogen) atoms. The van der Waals surface area contributed by atoms with E-state index in [4.69, 9.17) is 10.5 Å². The van der Waals surface area contributed by atoms with E-state index in [0.29, 0.717) is 59.6 Å². The Balaban J connectivity index is 0.00000256. The predicted molar refractivity (Wildman–Crippen MR) is 116 cm³/mol. The number of ketones is 1. The lowest BCUT2D eigenvalue weighted by Gasteiger charge is -2.14. The summed E-state index contributed by atoms with van der Waals surface area (Å²) < 4.78 is 7.03. The van der Waals surface area contributed by atoms with E-state index in [2.05, 4.69) is 0 Å². The fourth-order valence-corrected chi connectivity index (χ4v) is 3.83. The van der Waals surface area contributed by atoms with Crippen LogP contribution in [0, 0.1) is 10.1 Å². The number of aromatic nitrogens is 1. The van der Waals surface area contributed by atoms with Crippen molar-refractivity contribution in [2.45, 2.75) is 19.9 Å². The number of halogens is 1. The summed E-state index contributed by atoms with van der Waals surface area (Å²) in [5.41, 5.74) is 7.10. The molecule has 0 saturated heterocycles. The van der Waals surface area contributed by atoms with Crippen LogP contribution in [0.1, 0.15) is 29.3 Å². The number of benzene rings is 2. The van der Waals surface area contributed by atoms with Gasteiger partial charge in [-0.1, -0.05) is 0 Å². The van der Waals surface area contributed by atoms with Gasteiger partial charge in [0.15, 0.2) is 5.78 Å². The summed E-state index contributed by atoms with van der Waals surface area (Å²) >= 11 is 0. The van der Waals surface area contributed by atoms with E-state index in [1.54, 1.807) is 18.2 Å². The van der Waals surface area contributed by atoms with E-state index < -0.39 is 4.92 Å². The summed E-state index contributed by atoms with van der Waals surface area (Å²) in [6.45, 7) is 3.01. The molecule has 0 spiro atoms. The summed E-state index contributed by atoms with van der Waals surface area (Å²) in [5, 5.41) is 11.8. The van der Waals surface area contributed by atoms with Gasteiger partial charge in [0, 0.05) is 35.2 Å². The van der Waals surface area contributed by atoms with E-state index in [1.165, 1.54) is 22.8 Å². The summed E-state index contributed by atoms with van der Waals surface area (Å²) in [4.78, 5) is 37.1. The molecule has 0 aliphatic heterocycles. The average molecular weight is 430 g/mol. The highest BCUT2D eigenvalue weighted by Crippen LogP contribution is 2.41. The lowest BCUT2D eigenvalue weighted by Crippen LogP contribution is -2.24. The van der Waals surface area contributed by atoms with E-state index in [0.717, 1.165) is 0 Å². The number of hydrogen-bond donors (Lipinski definition) is 1. The fraction of sp³-hybridized carbons (Fsp3) is 0.238. The highest BCUT2D eigenvalue weighted by molar-refractivity contribution is 6.26. The normalized spacial score (nSPS) is 11.7. The van der Waals surface area contributed by atoms with Crippen molar-refractivity contribution in [3.8, 4) is 17.0 Å². The molecule has 4 rings (SSSR count). The average Bonchev–Trinajstić information content (AvgIpc) is 3.00. The van der Waals surface area contributed by atoms with Gasteiger partial charge in [-0.15, -0.1) is 12.4 Å². The van der Waals surface area contributed by atoms with E-state index in [1.807, 2.05) is 6.92 Å². The third kappa shape index (κ3) is 3.24. The molecular formula is C21H20ClN3O5. The molecule has 0 fully saturated rings. The molecular weight excluding hydrogens is 410 g/mol. The van der Waals surface area contributed by atoms with Gasteiger partial charge in [-0.05, 0) is 44.2 Å². The summed E-state index contributed by atoms with van der Waals surface area (Å²) in [7, 11) is 0. The van der Waals surface area contributed by atoms with Crippen molar-refractivity contribution >= 4 is 34.7 Å². The van der Waals surface area contributed by atoms with Crippen LogP contribution < -0.4 is 16.0 Å². The van der Waals surface area contributed by atoms with Crippen molar-refractivity contribution in [1.29, 1.82) is 0 Å². The molecule has 2 aromatic carbocycles. The number of nitrogens with two attached hydrogens (primary N) is 1. The molecule has 9 heteroatoms. The predicted octanol–water partition coefficient (Wildman–Crippen LogP) is 3.29. The first-order chi connectivity index (χ1) is 14.0. The van der Waals surface area contributed by atoms with Gasteiger partial charge in [0.1, 0.15) is 5.75 Å². The number of ether oxygens (including phenoxy) is 1. The van der Waals surface area contributed by atoms with Crippen molar-refractivity contribution < 1.29 is 14.5 Å². The SMILES string of the molecule is CCOc1ccc2c(c1)C(=O)c1c-2n(CCCN)c(=O)c2cc([N+](=O)[O-])ccc12.Cl.